The van der Waals surface area contributed by atoms with Crippen LogP contribution in [0.3, 0.4) is 0 Å². The fourth-order valence-electron chi connectivity index (χ4n) is 1.64. The van der Waals surface area contributed by atoms with E-state index in [0.29, 0.717) is 4.90 Å². The molecule has 0 saturated heterocycles. The number of benzene rings is 1. The largest absolute Gasteiger partial charge is 0.385 e. The van der Waals surface area contributed by atoms with Gasteiger partial charge < -0.3 is 5.32 Å². The van der Waals surface area contributed by atoms with Crippen LogP contribution in [0.15, 0.2) is 41.3 Å². The average molecular weight is 316 g/mol. The molecule has 0 radical (unpaired) electrons. The zero-order valence-electron chi connectivity index (χ0n) is 10.4. The Morgan fingerprint density at radius 2 is 1.84 bits per heavy atom. The summed E-state index contributed by atoms with van der Waals surface area (Å²) in [4.78, 5) is 1.56. The number of thiophene rings is 1. The SMILES string of the molecule is CS(=O)(=O)c1ccc(NCCc2ccc(Cl)s2)cc1. The molecule has 3 nitrogen and oxygen atoms in total. The summed E-state index contributed by atoms with van der Waals surface area (Å²) in [7, 11) is -3.12. The molecule has 0 aliphatic heterocycles. The molecule has 0 bridgehead atoms. The highest BCUT2D eigenvalue weighted by atomic mass is 35.5. The Morgan fingerprint density at radius 1 is 1.16 bits per heavy atom. The first-order valence-electron chi connectivity index (χ1n) is 5.73. The van der Waals surface area contributed by atoms with Crippen LogP contribution in [0.25, 0.3) is 0 Å². The maximum atomic E-state index is 11.3. The molecule has 0 saturated carbocycles. The standard InChI is InChI=1S/C13H14ClNO2S2/c1-19(16,17)12-5-2-10(3-6-12)15-9-8-11-4-7-13(14)18-11/h2-7,15H,8-9H2,1H3. The zero-order valence-corrected chi connectivity index (χ0v) is 12.8. The molecule has 1 heterocycles. The smallest absolute Gasteiger partial charge is 0.175 e. The lowest BCUT2D eigenvalue weighted by Crippen LogP contribution is -2.04. The molecule has 0 spiro atoms. The second-order valence-electron chi connectivity index (χ2n) is 4.18. The van der Waals surface area contributed by atoms with Crippen LogP contribution in [0, 0.1) is 0 Å². The number of halogens is 1. The normalized spacial score (nSPS) is 11.5. The minimum atomic E-state index is -3.12. The highest BCUT2D eigenvalue weighted by molar-refractivity contribution is 7.90. The summed E-state index contributed by atoms with van der Waals surface area (Å²) in [6.07, 6.45) is 2.10. The highest BCUT2D eigenvalue weighted by Crippen LogP contribution is 2.22. The zero-order chi connectivity index (χ0) is 13.9. The summed E-state index contributed by atoms with van der Waals surface area (Å²) in [5.41, 5.74) is 0.912. The van der Waals surface area contributed by atoms with Crippen LogP contribution < -0.4 is 5.32 Å². The fourth-order valence-corrected chi connectivity index (χ4v) is 3.35. The van der Waals surface area contributed by atoms with E-state index < -0.39 is 9.84 Å². The third-order valence-electron chi connectivity index (χ3n) is 2.61. The van der Waals surface area contributed by atoms with Crippen molar-refractivity contribution < 1.29 is 8.42 Å². The van der Waals surface area contributed by atoms with Crippen LogP contribution in [0.2, 0.25) is 4.34 Å². The van der Waals surface area contributed by atoms with Gasteiger partial charge in [0.15, 0.2) is 9.84 Å². The van der Waals surface area contributed by atoms with Crippen molar-refractivity contribution in [1.29, 1.82) is 0 Å². The molecule has 102 valence electrons. The molecule has 2 aromatic rings. The number of hydrogen-bond donors (Lipinski definition) is 1. The van der Waals surface area contributed by atoms with Gasteiger partial charge in [-0.3, -0.25) is 0 Å². The molecule has 0 fully saturated rings. The van der Waals surface area contributed by atoms with Gasteiger partial charge >= 0.3 is 0 Å². The van der Waals surface area contributed by atoms with Gasteiger partial charge in [-0.2, -0.15) is 0 Å². The topological polar surface area (TPSA) is 46.2 Å². The van der Waals surface area contributed by atoms with Crippen LogP contribution in [-0.2, 0) is 16.3 Å². The first kappa shape index (κ1) is 14.4. The Labute approximate surface area is 122 Å². The van der Waals surface area contributed by atoms with Crippen LogP contribution >= 0.6 is 22.9 Å². The predicted molar refractivity (Wildman–Crippen MR) is 81.1 cm³/mol. The molecule has 1 N–H and O–H groups in total. The summed E-state index contributed by atoms with van der Waals surface area (Å²) in [6.45, 7) is 0.787. The van der Waals surface area contributed by atoms with Crippen LogP contribution in [0.1, 0.15) is 4.88 Å². The average Bonchev–Trinajstić information content (AvgIpc) is 2.75. The first-order valence-corrected chi connectivity index (χ1v) is 8.82. The third kappa shape index (κ3) is 4.23. The second kappa shape index (κ2) is 5.94. The molecule has 0 aliphatic rings. The van der Waals surface area contributed by atoms with Gasteiger partial charge in [-0.15, -0.1) is 11.3 Å². The number of sulfone groups is 1. The van der Waals surface area contributed by atoms with Gasteiger partial charge in [0.25, 0.3) is 0 Å². The Kier molecular flexibility index (Phi) is 4.50. The molecule has 0 amide bonds. The van der Waals surface area contributed by atoms with Crippen molar-refractivity contribution in [3.63, 3.8) is 0 Å². The first-order chi connectivity index (χ1) is 8.95. The van der Waals surface area contributed by atoms with Gasteiger partial charge in [-0.25, -0.2) is 8.42 Å². The third-order valence-corrected chi connectivity index (χ3v) is 5.03. The van der Waals surface area contributed by atoms with Crippen molar-refractivity contribution in [3.05, 3.63) is 45.6 Å². The van der Waals surface area contributed by atoms with Crippen LogP contribution in [0.4, 0.5) is 5.69 Å². The highest BCUT2D eigenvalue weighted by Gasteiger charge is 2.05. The van der Waals surface area contributed by atoms with Gasteiger partial charge in [0.2, 0.25) is 0 Å². The van der Waals surface area contributed by atoms with Crippen molar-refractivity contribution >= 4 is 38.5 Å². The monoisotopic (exact) mass is 315 g/mol. The maximum Gasteiger partial charge on any atom is 0.175 e. The Bertz CT molecular complexity index is 648. The Morgan fingerprint density at radius 3 is 2.37 bits per heavy atom. The minimum absolute atomic E-state index is 0.336. The van der Waals surface area contributed by atoms with Crippen molar-refractivity contribution in [2.45, 2.75) is 11.3 Å². The summed E-state index contributed by atoms with van der Waals surface area (Å²) in [5.74, 6) is 0. The Hall–Kier alpha value is -1.04. The summed E-state index contributed by atoms with van der Waals surface area (Å²) >= 11 is 7.43. The van der Waals surface area contributed by atoms with Crippen LogP contribution in [-0.4, -0.2) is 21.2 Å². The lowest BCUT2D eigenvalue weighted by atomic mass is 10.3. The summed E-state index contributed by atoms with van der Waals surface area (Å²) in [5, 5.41) is 3.25. The molecule has 1 aromatic heterocycles. The fraction of sp³-hybridized carbons (Fsp3) is 0.231. The van der Waals surface area contributed by atoms with Gasteiger partial charge in [-0.1, -0.05) is 11.6 Å². The van der Waals surface area contributed by atoms with E-state index in [2.05, 4.69) is 5.32 Å². The lowest BCUT2D eigenvalue weighted by molar-refractivity contribution is 0.602. The Balaban J connectivity index is 1.90. The molecule has 6 heteroatoms. The molecular formula is C13H14ClNO2S2. The van der Waals surface area contributed by atoms with E-state index in [-0.39, 0.29) is 0 Å². The van der Waals surface area contributed by atoms with E-state index in [1.807, 2.05) is 12.1 Å². The van der Waals surface area contributed by atoms with E-state index in [4.69, 9.17) is 11.6 Å². The van der Waals surface area contributed by atoms with E-state index in [0.717, 1.165) is 23.0 Å². The summed E-state index contributed by atoms with van der Waals surface area (Å²) < 4.78 is 23.4. The number of hydrogen-bond acceptors (Lipinski definition) is 4. The van der Waals surface area contributed by atoms with E-state index >= 15 is 0 Å². The molecule has 0 atom stereocenters. The lowest BCUT2D eigenvalue weighted by Gasteiger charge is -2.06. The van der Waals surface area contributed by atoms with Gasteiger partial charge in [0.05, 0.1) is 9.23 Å². The van der Waals surface area contributed by atoms with Crippen LogP contribution in [0.5, 0.6) is 0 Å². The summed E-state index contributed by atoms with van der Waals surface area (Å²) in [6, 6.07) is 10.7. The second-order valence-corrected chi connectivity index (χ2v) is 7.99. The molecule has 0 unspecified atom stereocenters. The van der Waals surface area contributed by atoms with Crippen molar-refractivity contribution in [2.75, 3.05) is 18.1 Å². The molecule has 2 rings (SSSR count). The van der Waals surface area contributed by atoms with Gasteiger partial charge in [0, 0.05) is 23.4 Å². The van der Waals surface area contributed by atoms with Crippen molar-refractivity contribution in [2.24, 2.45) is 0 Å². The number of anilines is 1. The van der Waals surface area contributed by atoms with E-state index in [1.54, 1.807) is 35.6 Å². The quantitative estimate of drug-likeness (QED) is 0.919. The van der Waals surface area contributed by atoms with Gasteiger partial charge in [-0.05, 0) is 42.8 Å². The molecular weight excluding hydrogens is 302 g/mol. The molecule has 1 aromatic carbocycles. The van der Waals surface area contributed by atoms with E-state index in [1.165, 1.54) is 11.1 Å². The molecule has 19 heavy (non-hydrogen) atoms. The van der Waals surface area contributed by atoms with Gasteiger partial charge in [0.1, 0.15) is 0 Å². The minimum Gasteiger partial charge on any atom is -0.385 e. The van der Waals surface area contributed by atoms with Crippen molar-refractivity contribution in [1.82, 2.24) is 0 Å². The molecule has 0 aliphatic carbocycles. The van der Waals surface area contributed by atoms with Crippen molar-refractivity contribution in [3.8, 4) is 0 Å². The number of rotatable bonds is 5. The predicted octanol–water partition coefficient (Wildman–Crippen LogP) is 3.46. The number of nitrogens with one attached hydrogen (secondary N) is 1. The maximum absolute atomic E-state index is 11.3. The van der Waals surface area contributed by atoms with E-state index in [9.17, 15) is 8.42 Å².